The van der Waals surface area contributed by atoms with Gasteiger partial charge in [0.1, 0.15) is 0 Å². The monoisotopic (exact) mass is 264 g/mol. The van der Waals surface area contributed by atoms with Crippen LogP contribution >= 0.6 is 0 Å². The largest absolute Gasteiger partial charge is 0.481 e. The van der Waals surface area contributed by atoms with E-state index in [0.717, 1.165) is 12.0 Å². The van der Waals surface area contributed by atoms with Gasteiger partial charge in [0.05, 0.1) is 5.56 Å². The summed E-state index contributed by atoms with van der Waals surface area (Å²) in [6, 6.07) is 5.34. The molecular weight excluding hydrogens is 244 g/mol. The van der Waals surface area contributed by atoms with Gasteiger partial charge in [0.15, 0.2) is 0 Å². The summed E-state index contributed by atoms with van der Waals surface area (Å²) >= 11 is 0. The maximum atomic E-state index is 11.3. The highest BCUT2D eigenvalue weighted by molar-refractivity contribution is 5.98. The van der Waals surface area contributed by atoms with Gasteiger partial charge in [-0.2, -0.15) is 0 Å². The molecule has 0 heterocycles. The van der Waals surface area contributed by atoms with E-state index in [0.29, 0.717) is 17.8 Å². The van der Waals surface area contributed by atoms with Gasteiger partial charge in [-0.25, -0.2) is 0 Å². The zero-order chi connectivity index (χ0) is 14.4. The molecule has 0 aliphatic rings. The van der Waals surface area contributed by atoms with Gasteiger partial charge in [-0.05, 0) is 30.5 Å². The first-order chi connectivity index (χ1) is 8.93. The summed E-state index contributed by atoms with van der Waals surface area (Å²) in [5.41, 5.74) is 7.41. The summed E-state index contributed by atoms with van der Waals surface area (Å²) in [6.45, 7) is 4.37. The zero-order valence-corrected chi connectivity index (χ0v) is 11.3. The maximum absolute atomic E-state index is 11.3. The van der Waals surface area contributed by atoms with Crippen molar-refractivity contribution in [2.24, 2.45) is 11.7 Å². The van der Waals surface area contributed by atoms with E-state index >= 15 is 0 Å². The number of nitrogens with one attached hydrogen (secondary N) is 1. The second kappa shape index (κ2) is 6.78. The number of hydrogen-bond donors (Lipinski definition) is 3. The number of primary amides is 1. The number of hydrogen-bond acceptors (Lipinski definition) is 3. The molecule has 1 amide bonds. The van der Waals surface area contributed by atoms with Crippen molar-refractivity contribution in [1.29, 1.82) is 0 Å². The number of carboxylic acids is 1. The molecule has 4 N–H and O–H groups in total. The highest BCUT2D eigenvalue weighted by Gasteiger charge is 2.13. The smallest absolute Gasteiger partial charge is 0.303 e. The van der Waals surface area contributed by atoms with Crippen LogP contribution in [-0.2, 0) is 4.79 Å². The number of nitrogens with two attached hydrogens (primary N) is 1. The van der Waals surface area contributed by atoms with Crippen molar-refractivity contribution >= 4 is 17.6 Å². The molecule has 0 saturated carbocycles. The normalized spacial score (nSPS) is 11.9. The van der Waals surface area contributed by atoms with Crippen LogP contribution in [0.15, 0.2) is 18.2 Å². The maximum Gasteiger partial charge on any atom is 0.303 e. The second-order valence-corrected chi connectivity index (χ2v) is 4.67. The Kier molecular flexibility index (Phi) is 5.36. The number of carboxylic acid groups (broad SMARTS) is 1. The summed E-state index contributed by atoms with van der Waals surface area (Å²) in [6.07, 6.45) is 0.873. The number of benzene rings is 1. The second-order valence-electron chi connectivity index (χ2n) is 4.67. The van der Waals surface area contributed by atoms with Crippen molar-refractivity contribution in [1.82, 2.24) is 0 Å². The van der Waals surface area contributed by atoms with E-state index in [-0.39, 0.29) is 12.3 Å². The highest BCUT2D eigenvalue weighted by Crippen LogP contribution is 2.19. The van der Waals surface area contributed by atoms with E-state index in [4.69, 9.17) is 10.8 Å². The Balaban J connectivity index is 2.78. The molecule has 19 heavy (non-hydrogen) atoms. The van der Waals surface area contributed by atoms with Crippen molar-refractivity contribution in [3.05, 3.63) is 29.3 Å². The van der Waals surface area contributed by atoms with Gasteiger partial charge in [0.25, 0.3) is 5.91 Å². The first-order valence-electron chi connectivity index (χ1n) is 6.30. The number of aliphatic carboxylic acids is 1. The number of aryl methyl sites for hydroxylation is 1. The predicted molar refractivity (Wildman–Crippen MR) is 74.2 cm³/mol. The molecule has 1 aromatic rings. The van der Waals surface area contributed by atoms with Gasteiger partial charge in [0, 0.05) is 18.7 Å². The van der Waals surface area contributed by atoms with Crippen LogP contribution in [-0.4, -0.2) is 23.5 Å². The summed E-state index contributed by atoms with van der Waals surface area (Å²) in [4.78, 5) is 22.0. The first-order valence-corrected chi connectivity index (χ1v) is 6.30. The molecule has 0 aromatic heterocycles. The minimum absolute atomic E-state index is 0.0266. The lowest BCUT2D eigenvalue weighted by Gasteiger charge is -2.16. The Morgan fingerprint density at radius 3 is 2.63 bits per heavy atom. The van der Waals surface area contributed by atoms with E-state index in [1.54, 1.807) is 6.07 Å². The van der Waals surface area contributed by atoms with Gasteiger partial charge in [-0.15, -0.1) is 0 Å². The van der Waals surface area contributed by atoms with Crippen molar-refractivity contribution in [3.63, 3.8) is 0 Å². The van der Waals surface area contributed by atoms with Crippen LogP contribution in [0.2, 0.25) is 0 Å². The van der Waals surface area contributed by atoms with Crippen LogP contribution < -0.4 is 11.1 Å². The number of carbonyl (C=O) groups is 2. The summed E-state index contributed by atoms with van der Waals surface area (Å²) < 4.78 is 0. The molecule has 5 nitrogen and oxygen atoms in total. The van der Waals surface area contributed by atoms with E-state index in [1.165, 1.54) is 0 Å². The fraction of sp³-hybridized carbons (Fsp3) is 0.429. The third kappa shape index (κ3) is 4.62. The van der Waals surface area contributed by atoms with Crippen molar-refractivity contribution in [2.75, 3.05) is 11.9 Å². The molecule has 0 spiro atoms. The molecule has 1 atom stereocenters. The number of rotatable bonds is 7. The number of carbonyl (C=O) groups excluding carboxylic acids is 1. The lowest BCUT2D eigenvalue weighted by molar-refractivity contribution is -0.138. The molecule has 0 aliphatic heterocycles. The van der Waals surface area contributed by atoms with Crippen LogP contribution in [0.4, 0.5) is 5.69 Å². The van der Waals surface area contributed by atoms with Gasteiger partial charge in [-0.1, -0.05) is 19.4 Å². The Morgan fingerprint density at radius 1 is 1.42 bits per heavy atom. The van der Waals surface area contributed by atoms with Gasteiger partial charge >= 0.3 is 5.97 Å². The molecule has 1 unspecified atom stereocenters. The van der Waals surface area contributed by atoms with E-state index in [2.05, 4.69) is 5.32 Å². The average Bonchev–Trinajstić information content (AvgIpc) is 2.33. The lowest BCUT2D eigenvalue weighted by Crippen LogP contribution is -2.20. The van der Waals surface area contributed by atoms with Gasteiger partial charge in [-0.3, -0.25) is 9.59 Å². The molecule has 0 fully saturated rings. The molecule has 0 radical (unpaired) electrons. The fourth-order valence-electron chi connectivity index (χ4n) is 1.88. The van der Waals surface area contributed by atoms with Crippen LogP contribution in [0.5, 0.6) is 0 Å². The highest BCUT2D eigenvalue weighted by atomic mass is 16.4. The number of amides is 1. The Morgan fingerprint density at radius 2 is 2.11 bits per heavy atom. The minimum atomic E-state index is -0.812. The molecule has 0 aliphatic carbocycles. The van der Waals surface area contributed by atoms with Crippen LogP contribution in [0.25, 0.3) is 0 Å². The molecular formula is C14H20N2O3. The van der Waals surface area contributed by atoms with E-state index in [1.807, 2.05) is 26.0 Å². The van der Waals surface area contributed by atoms with Crippen molar-refractivity contribution < 1.29 is 14.7 Å². The lowest BCUT2D eigenvalue weighted by atomic mass is 10.0. The molecule has 0 saturated heterocycles. The van der Waals surface area contributed by atoms with Gasteiger partial charge < -0.3 is 16.2 Å². The number of anilines is 1. The minimum Gasteiger partial charge on any atom is -0.481 e. The molecule has 104 valence electrons. The summed E-state index contributed by atoms with van der Waals surface area (Å²) in [7, 11) is 0. The van der Waals surface area contributed by atoms with Crippen LogP contribution in [0.3, 0.4) is 0 Å². The standard InChI is InChI=1S/C14H20N2O3/c1-3-10(7-13(17)18)8-16-12-6-9(2)4-5-11(12)14(15)19/h4-6,10,16H,3,7-8H2,1-2H3,(H2,15,19)(H,17,18). The summed E-state index contributed by atoms with van der Waals surface area (Å²) in [5.74, 6) is -1.28. The van der Waals surface area contributed by atoms with Crippen LogP contribution in [0, 0.1) is 12.8 Å². The topological polar surface area (TPSA) is 92.4 Å². The molecule has 5 heteroatoms. The third-order valence-corrected chi connectivity index (χ3v) is 3.06. The Hall–Kier alpha value is -2.04. The SMILES string of the molecule is CCC(CNc1cc(C)ccc1C(N)=O)CC(=O)O. The van der Waals surface area contributed by atoms with Crippen LogP contribution in [0.1, 0.15) is 35.7 Å². The average molecular weight is 264 g/mol. The molecule has 1 rings (SSSR count). The quantitative estimate of drug-likeness (QED) is 0.702. The zero-order valence-electron chi connectivity index (χ0n) is 11.3. The van der Waals surface area contributed by atoms with Crippen molar-refractivity contribution in [2.45, 2.75) is 26.7 Å². The predicted octanol–water partition coefficient (Wildman–Crippen LogP) is 2.01. The fourth-order valence-corrected chi connectivity index (χ4v) is 1.88. The summed E-state index contributed by atoms with van der Waals surface area (Å²) in [5, 5.41) is 11.9. The Labute approximate surface area is 112 Å². The van der Waals surface area contributed by atoms with E-state index < -0.39 is 11.9 Å². The molecule has 0 bridgehead atoms. The van der Waals surface area contributed by atoms with E-state index in [9.17, 15) is 9.59 Å². The third-order valence-electron chi connectivity index (χ3n) is 3.06. The Bertz CT molecular complexity index is 472. The first kappa shape index (κ1) is 15.0. The van der Waals surface area contributed by atoms with Crippen molar-refractivity contribution in [3.8, 4) is 0 Å². The molecule has 1 aromatic carbocycles. The van der Waals surface area contributed by atoms with Gasteiger partial charge in [0.2, 0.25) is 0 Å².